The van der Waals surface area contributed by atoms with Crippen LogP contribution < -0.4 is 5.32 Å². The minimum atomic E-state index is -0.290. The van der Waals surface area contributed by atoms with Crippen LogP contribution in [0, 0.1) is 47.6 Å². The predicted molar refractivity (Wildman–Crippen MR) is 78.8 cm³/mol. The molecule has 4 unspecified atom stereocenters. The van der Waals surface area contributed by atoms with Crippen molar-refractivity contribution >= 4 is 5.69 Å². The van der Waals surface area contributed by atoms with E-state index in [0.717, 1.165) is 29.4 Å². The first-order valence-electron chi connectivity index (χ1n) is 7.90. The largest absolute Gasteiger partial charge is 0.308 e. The molecule has 1 aromatic heterocycles. The summed E-state index contributed by atoms with van der Waals surface area (Å²) in [7, 11) is 0. The van der Waals surface area contributed by atoms with Crippen LogP contribution in [-0.2, 0) is 6.54 Å². The fourth-order valence-corrected chi connectivity index (χ4v) is 5.04. The molecule has 1 N–H and O–H groups in total. The summed E-state index contributed by atoms with van der Waals surface area (Å²) in [5.41, 5.74) is 2.39. The first kappa shape index (κ1) is 13.2. The summed E-state index contributed by atoms with van der Waals surface area (Å²) in [6.07, 6.45) is 5.90. The lowest BCUT2D eigenvalue weighted by atomic mass is 10.0. The van der Waals surface area contributed by atoms with Crippen LogP contribution in [0.15, 0.2) is 6.20 Å². The van der Waals surface area contributed by atoms with Gasteiger partial charge in [0.25, 0.3) is 5.69 Å². The van der Waals surface area contributed by atoms with Crippen molar-refractivity contribution in [2.45, 2.75) is 45.7 Å². The van der Waals surface area contributed by atoms with E-state index in [4.69, 9.17) is 0 Å². The highest BCUT2D eigenvalue weighted by Crippen LogP contribution is 2.65. The standard InChI is InChI=1S/C16H21N3O2/c1-8-6-17-12(9(2)16(8)19(20)21)7-18-15-13-10-3-4-11(5-10)14(13)15/h6,10-11,13-15,18H,3-5,7H2,1-2H3. The molecule has 5 heteroatoms. The van der Waals surface area contributed by atoms with Crippen LogP contribution in [0.1, 0.15) is 36.1 Å². The van der Waals surface area contributed by atoms with E-state index >= 15 is 0 Å². The number of hydrogen-bond acceptors (Lipinski definition) is 4. The third kappa shape index (κ3) is 1.90. The number of fused-ring (bicyclic) bond motifs is 5. The summed E-state index contributed by atoms with van der Waals surface area (Å²) in [6, 6.07) is 0.637. The molecule has 21 heavy (non-hydrogen) atoms. The maximum Gasteiger partial charge on any atom is 0.278 e. The van der Waals surface area contributed by atoms with Gasteiger partial charge in [-0.25, -0.2) is 0 Å². The smallest absolute Gasteiger partial charge is 0.278 e. The highest BCUT2D eigenvalue weighted by atomic mass is 16.6. The Morgan fingerprint density at radius 3 is 2.62 bits per heavy atom. The van der Waals surface area contributed by atoms with Gasteiger partial charge in [0.1, 0.15) is 0 Å². The van der Waals surface area contributed by atoms with Crippen LogP contribution >= 0.6 is 0 Å². The Morgan fingerprint density at radius 1 is 1.33 bits per heavy atom. The number of pyridine rings is 1. The number of aryl methyl sites for hydroxylation is 1. The molecule has 4 atom stereocenters. The van der Waals surface area contributed by atoms with Crippen molar-refractivity contribution < 1.29 is 4.92 Å². The Kier molecular flexibility index (Phi) is 2.83. The third-order valence-corrected chi connectivity index (χ3v) is 6.00. The Labute approximate surface area is 124 Å². The second-order valence-corrected chi connectivity index (χ2v) is 7.01. The van der Waals surface area contributed by atoms with Crippen molar-refractivity contribution in [3.05, 3.63) is 33.1 Å². The first-order chi connectivity index (χ1) is 10.1. The van der Waals surface area contributed by atoms with Crippen LogP contribution in [0.2, 0.25) is 0 Å². The van der Waals surface area contributed by atoms with Crippen molar-refractivity contribution in [3.63, 3.8) is 0 Å². The summed E-state index contributed by atoms with van der Waals surface area (Å²) in [6.45, 7) is 4.22. The highest BCUT2D eigenvalue weighted by molar-refractivity contribution is 5.47. The molecule has 0 aliphatic heterocycles. The number of nitro groups is 1. The molecule has 112 valence electrons. The molecule has 4 rings (SSSR count). The van der Waals surface area contributed by atoms with Crippen molar-refractivity contribution in [1.29, 1.82) is 0 Å². The van der Waals surface area contributed by atoms with Crippen LogP contribution in [0.5, 0.6) is 0 Å². The second kappa shape index (κ2) is 4.50. The lowest BCUT2D eigenvalue weighted by molar-refractivity contribution is -0.386. The highest BCUT2D eigenvalue weighted by Gasteiger charge is 2.64. The molecule has 1 aromatic rings. The van der Waals surface area contributed by atoms with Crippen molar-refractivity contribution in [1.82, 2.24) is 10.3 Å². The van der Waals surface area contributed by atoms with Gasteiger partial charge >= 0.3 is 0 Å². The van der Waals surface area contributed by atoms with E-state index in [1.807, 2.05) is 6.92 Å². The van der Waals surface area contributed by atoms with E-state index in [-0.39, 0.29) is 10.6 Å². The van der Waals surface area contributed by atoms with E-state index in [1.165, 1.54) is 19.3 Å². The third-order valence-electron chi connectivity index (χ3n) is 6.00. The van der Waals surface area contributed by atoms with Gasteiger partial charge in [0, 0.05) is 29.9 Å². The Bertz CT molecular complexity index is 600. The quantitative estimate of drug-likeness (QED) is 0.683. The molecule has 0 radical (unpaired) electrons. The maximum absolute atomic E-state index is 11.2. The van der Waals surface area contributed by atoms with Crippen molar-refractivity contribution in [2.24, 2.45) is 23.7 Å². The molecule has 5 nitrogen and oxygen atoms in total. The predicted octanol–water partition coefficient (Wildman–Crippen LogP) is 2.74. The molecule has 0 spiro atoms. The van der Waals surface area contributed by atoms with Gasteiger partial charge < -0.3 is 5.32 Å². The van der Waals surface area contributed by atoms with Gasteiger partial charge in [-0.15, -0.1) is 0 Å². The van der Waals surface area contributed by atoms with Gasteiger partial charge in [0.2, 0.25) is 0 Å². The Morgan fingerprint density at radius 2 is 2.00 bits per heavy atom. The average molecular weight is 287 g/mol. The average Bonchev–Trinajstić information content (AvgIpc) is 2.82. The van der Waals surface area contributed by atoms with Gasteiger partial charge in [0.15, 0.2) is 0 Å². The van der Waals surface area contributed by atoms with E-state index in [0.29, 0.717) is 23.7 Å². The molecule has 1 heterocycles. The first-order valence-corrected chi connectivity index (χ1v) is 7.90. The number of aromatic nitrogens is 1. The van der Waals surface area contributed by atoms with Crippen LogP contribution in [-0.4, -0.2) is 15.9 Å². The normalized spacial score (nSPS) is 35.8. The molecular weight excluding hydrogens is 266 g/mol. The van der Waals surface area contributed by atoms with Gasteiger partial charge in [-0.05, 0) is 56.8 Å². The lowest BCUT2D eigenvalue weighted by Crippen LogP contribution is -2.23. The maximum atomic E-state index is 11.2. The molecule has 0 aromatic carbocycles. The molecule has 3 aliphatic carbocycles. The van der Waals surface area contributed by atoms with Crippen molar-refractivity contribution in [2.75, 3.05) is 0 Å². The monoisotopic (exact) mass is 287 g/mol. The minimum absolute atomic E-state index is 0.220. The molecule has 0 amide bonds. The number of nitrogens with one attached hydrogen (secondary N) is 1. The van der Waals surface area contributed by atoms with Gasteiger partial charge in [-0.3, -0.25) is 15.1 Å². The van der Waals surface area contributed by atoms with E-state index in [9.17, 15) is 10.1 Å². The van der Waals surface area contributed by atoms with E-state index in [1.54, 1.807) is 13.1 Å². The van der Waals surface area contributed by atoms with Crippen LogP contribution in [0.4, 0.5) is 5.69 Å². The van der Waals surface area contributed by atoms with E-state index in [2.05, 4.69) is 10.3 Å². The summed E-state index contributed by atoms with van der Waals surface area (Å²) in [5.74, 6) is 3.65. The minimum Gasteiger partial charge on any atom is -0.308 e. The van der Waals surface area contributed by atoms with Gasteiger partial charge in [0.05, 0.1) is 10.6 Å². The molecular formula is C16H21N3O2. The molecule has 3 saturated carbocycles. The van der Waals surface area contributed by atoms with Crippen LogP contribution in [0.25, 0.3) is 0 Å². The zero-order chi connectivity index (χ0) is 14.7. The zero-order valence-corrected chi connectivity index (χ0v) is 12.5. The summed E-state index contributed by atoms with van der Waals surface area (Å²) in [4.78, 5) is 15.3. The summed E-state index contributed by atoms with van der Waals surface area (Å²) >= 11 is 0. The van der Waals surface area contributed by atoms with Gasteiger partial charge in [-0.1, -0.05) is 0 Å². The molecule has 2 bridgehead atoms. The topological polar surface area (TPSA) is 68.1 Å². The number of hydrogen-bond donors (Lipinski definition) is 1. The van der Waals surface area contributed by atoms with E-state index < -0.39 is 0 Å². The zero-order valence-electron chi connectivity index (χ0n) is 12.5. The molecule has 0 saturated heterocycles. The fraction of sp³-hybridized carbons (Fsp3) is 0.688. The lowest BCUT2D eigenvalue weighted by Gasteiger charge is -2.12. The fourth-order valence-electron chi connectivity index (χ4n) is 5.04. The second-order valence-electron chi connectivity index (χ2n) is 7.01. The number of nitrogens with zero attached hydrogens (tertiary/aromatic N) is 2. The van der Waals surface area contributed by atoms with Crippen molar-refractivity contribution in [3.8, 4) is 0 Å². The number of rotatable bonds is 4. The Hall–Kier alpha value is -1.49. The summed E-state index contributed by atoms with van der Waals surface area (Å²) < 4.78 is 0. The van der Waals surface area contributed by atoms with Crippen LogP contribution in [0.3, 0.4) is 0 Å². The Balaban J connectivity index is 1.47. The molecule has 3 fully saturated rings. The molecule has 3 aliphatic rings. The SMILES string of the molecule is Cc1cnc(CNC2C3C4CCC(C4)C23)c(C)c1[N+](=O)[O-]. The summed E-state index contributed by atoms with van der Waals surface area (Å²) in [5, 5.41) is 14.8. The van der Waals surface area contributed by atoms with Gasteiger partial charge in [-0.2, -0.15) is 0 Å².